The van der Waals surface area contributed by atoms with Crippen LogP contribution in [0.3, 0.4) is 0 Å². The summed E-state index contributed by atoms with van der Waals surface area (Å²) in [7, 11) is 0. The van der Waals surface area contributed by atoms with E-state index in [4.69, 9.17) is 11.5 Å². The molecule has 5 N–H and O–H groups in total. The van der Waals surface area contributed by atoms with Gasteiger partial charge in [0.15, 0.2) is 0 Å². The maximum absolute atomic E-state index is 12.8. The number of nitrogens with zero attached hydrogens (tertiary/aromatic N) is 1. The SMILES string of the molecule is Cl.Cl.NC(=O)C1CCN(Cc2cccc(NC(=O)C3C4CCC(C4)C3N)c2)CC1. The standard InChI is InChI=1S/C21H30N4O2.2ClH/c22-19-16-5-4-15(11-16)18(19)21(27)24-17-3-1-2-13(10-17)12-25-8-6-14(7-9-25)20(23)26;;/h1-3,10,14-16,18-19H,4-9,11-12,22H2,(H2,23,26)(H,24,27);2*1H. The maximum atomic E-state index is 12.8. The van der Waals surface area contributed by atoms with E-state index in [0.29, 0.717) is 11.8 Å². The van der Waals surface area contributed by atoms with E-state index in [1.165, 1.54) is 12.0 Å². The zero-order chi connectivity index (χ0) is 19.0. The van der Waals surface area contributed by atoms with Crippen molar-refractivity contribution in [2.24, 2.45) is 35.1 Å². The highest BCUT2D eigenvalue weighted by atomic mass is 35.5. The number of carbonyl (C=O) groups excluding carboxylic acids is 2. The highest BCUT2D eigenvalue weighted by Gasteiger charge is 2.49. The molecule has 0 aromatic heterocycles. The number of hydrogen-bond acceptors (Lipinski definition) is 4. The molecule has 1 saturated heterocycles. The Bertz CT molecular complexity index is 722. The smallest absolute Gasteiger partial charge is 0.229 e. The summed E-state index contributed by atoms with van der Waals surface area (Å²) in [5.41, 5.74) is 13.7. The van der Waals surface area contributed by atoms with Gasteiger partial charge in [-0.15, -0.1) is 24.8 Å². The summed E-state index contributed by atoms with van der Waals surface area (Å²) < 4.78 is 0. The number of amides is 2. The van der Waals surface area contributed by atoms with Crippen LogP contribution in [0.5, 0.6) is 0 Å². The Morgan fingerprint density at radius 2 is 1.76 bits per heavy atom. The van der Waals surface area contributed by atoms with Gasteiger partial charge in [-0.05, 0) is 74.7 Å². The van der Waals surface area contributed by atoms with Gasteiger partial charge in [0.1, 0.15) is 0 Å². The Morgan fingerprint density at radius 3 is 2.38 bits per heavy atom. The lowest BCUT2D eigenvalue weighted by Gasteiger charge is -2.30. The number of anilines is 1. The molecule has 0 spiro atoms. The van der Waals surface area contributed by atoms with Crippen LogP contribution in [0, 0.1) is 23.7 Å². The third kappa shape index (κ3) is 5.23. The molecule has 0 radical (unpaired) electrons. The van der Waals surface area contributed by atoms with E-state index in [2.05, 4.69) is 22.3 Å². The minimum Gasteiger partial charge on any atom is -0.369 e. The number of nitrogens with one attached hydrogen (secondary N) is 1. The van der Waals surface area contributed by atoms with E-state index in [0.717, 1.165) is 51.0 Å². The predicted molar refractivity (Wildman–Crippen MR) is 119 cm³/mol. The van der Waals surface area contributed by atoms with E-state index < -0.39 is 0 Å². The van der Waals surface area contributed by atoms with Crippen LogP contribution in [0.15, 0.2) is 24.3 Å². The molecule has 1 heterocycles. The second-order valence-electron chi connectivity index (χ2n) is 8.58. The second kappa shape index (κ2) is 10.1. The van der Waals surface area contributed by atoms with Crippen molar-refractivity contribution in [3.8, 4) is 0 Å². The lowest BCUT2D eigenvalue weighted by molar-refractivity contribution is -0.123. The summed E-state index contributed by atoms with van der Waals surface area (Å²) in [6.07, 6.45) is 5.08. The summed E-state index contributed by atoms with van der Waals surface area (Å²) in [6.45, 7) is 2.58. The Hall–Kier alpha value is -1.34. The number of halogens is 2. The first-order valence-corrected chi connectivity index (χ1v) is 10.2. The van der Waals surface area contributed by atoms with Gasteiger partial charge in [-0.25, -0.2) is 0 Å². The number of primary amides is 1. The quantitative estimate of drug-likeness (QED) is 0.651. The largest absolute Gasteiger partial charge is 0.369 e. The molecule has 1 aliphatic heterocycles. The molecule has 2 aliphatic carbocycles. The minimum atomic E-state index is -0.182. The molecule has 162 valence electrons. The van der Waals surface area contributed by atoms with Crippen molar-refractivity contribution in [3.05, 3.63) is 29.8 Å². The van der Waals surface area contributed by atoms with Gasteiger partial charge in [0, 0.05) is 24.2 Å². The first-order chi connectivity index (χ1) is 13.0. The highest BCUT2D eigenvalue weighted by molar-refractivity contribution is 5.93. The number of piperidine rings is 1. The van der Waals surface area contributed by atoms with Crippen LogP contribution in [0.4, 0.5) is 5.69 Å². The lowest BCUT2D eigenvalue weighted by atomic mass is 9.84. The molecule has 1 aromatic carbocycles. The maximum Gasteiger partial charge on any atom is 0.229 e. The van der Waals surface area contributed by atoms with Gasteiger partial charge in [0.25, 0.3) is 0 Å². The topological polar surface area (TPSA) is 101 Å². The number of benzene rings is 1. The summed E-state index contributed by atoms with van der Waals surface area (Å²) >= 11 is 0. The fourth-order valence-corrected chi connectivity index (χ4v) is 5.33. The van der Waals surface area contributed by atoms with Crippen molar-refractivity contribution in [2.75, 3.05) is 18.4 Å². The number of rotatable bonds is 5. The molecule has 6 nitrogen and oxygen atoms in total. The third-order valence-corrected chi connectivity index (χ3v) is 6.87. The van der Waals surface area contributed by atoms with Crippen LogP contribution in [0.2, 0.25) is 0 Å². The zero-order valence-corrected chi connectivity index (χ0v) is 18.2. The lowest BCUT2D eigenvalue weighted by Crippen LogP contribution is -2.42. The first-order valence-electron chi connectivity index (χ1n) is 10.2. The first kappa shape index (κ1) is 23.9. The number of nitrogens with two attached hydrogens (primary N) is 2. The average molecular weight is 443 g/mol. The Balaban J connectivity index is 0.00000150. The molecule has 8 heteroatoms. The van der Waals surface area contributed by atoms with Crippen molar-refractivity contribution in [2.45, 2.75) is 44.7 Å². The van der Waals surface area contributed by atoms with Gasteiger partial charge in [-0.3, -0.25) is 14.5 Å². The van der Waals surface area contributed by atoms with Crippen LogP contribution in [0.1, 0.15) is 37.7 Å². The monoisotopic (exact) mass is 442 g/mol. The van der Waals surface area contributed by atoms with E-state index in [1.807, 2.05) is 12.1 Å². The minimum absolute atomic E-state index is 0. The number of likely N-dealkylation sites (tertiary alicyclic amines) is 1. The van der Waals surface area contributed by atoms with Crippen molar-refractivity contribution in [1.29, 1.82) is 0 Å². The van der Waals surface area contributed by atoms with E-state index in [9.17, 15) is 9.59 Å². The molecule has 2 saturated carbocycles. The molecule has 4 atom stereocenters. The number of carbonyl (C=O) groups is 2. The summed E-state index contributed by atoms with van der Waals surface area (Å²) in [5.74, 6) is 0.852. The van der Waals surface area contributed by atoms with Gasteiger partial charge in [0.05, 0.1) is 5.92 Å². The molecule has 2 amide bonds. The summed E-state index contributed by atoms with van der Waals surface area (Å²) in [4.78, 5) is 26.4. The van der Waals surface area contributed by atoms with Crippen molar-refractivity contribution in [3.63, 3.8) is 0 Å². The molecule has 3 aliphatic rings. The molecule has 4 unspecified atom stereocenters. The molecule has 3 fully saturated rings. The third-order valence-electron chi connectivity index (χ3n) is 6.87. The van der Waals surface area contributed by atoms with Crippen molar-refractivity contribution in [1.82, 2.24) is 4.90 Å². The van der Waals surface area contributed by atoms with Crippen LogP contribution in [0.25, 0.3) is 0 Å². The number of hydrogen-bond donors (Lipinski definition) is 3. The highest BCUT2D eigenvalue weighted by Crippen LogP contribution is 2.47. The fourth-order valence-electron chi connectivity index (χ4n) is 5.33. The molecular formula is C21H32Cl2N4O2. The Morgan fingerprint density at radius 1 is 1.07 bits per heavy atom. The summed E-state index contributed by atoms with van der Waals surface area (Å²) in [5, 5.41) is 3.10. The van der Waals surface area contributed by atoms with Gasteiger partial charge >= 0.3 is 0 Å². The molecular weight excluding hydrogens is 411 g/mol. The average Bonchev–Trinajstić information content (AvgIpc) is 3.23. The van der Waals surface area contributed by atoms with E-state index in [1.54, 1.807) is 0 Å². The van der Waals surface area contributed by atoms with Gasteiger partial charge < -0.3 is 16.8 Å². The van der Waals surface area contributed by atoms with Crippen LogP contribution >= 0.6 is 24.8 Å². The van der Waals surface area contributed by atoms with E-state index >= 15 is 0 Å². The van der Waals surface area contributed by atoms with Crippen molar-refractivity contribution >= 4 is 42.3 Å². The Labute approximate surface area is 185 Å². The summed E-state index contributed by atoms with van der Waals surface area (Å²) in [6, 6.07) is 8.08. The predicted octanol–water partition coefficient (Wildman–Crippen LogP) is 2.54. The van der Waals surface area contributed by atoms with Crippen LogP contribution in [-0.4, -0.2) is 35.8 Å². The van der Waals surface area contributed by atoms with Gasteiger partial charge in [0.2, 0.25) is 11.8 Å². The number of fused-ring (bicyclic) bond motifs is 2. The second-order valence-corrected chi connectivity index (χ2v) is 8.58. The van der Waals surface area contributed by atoms with Gasteiger partial charge in [-0.2, -0.15) is 0 Å². The van der Waals surface area contributed by atoms with Crippen LogP contribution < -0.4 is 16.8 Å². The normalized spacial score (nSPS) is 29.0. The van der Waals surface area contributed by atoms with Gasteiger partial charge in [-0.1, -0.05) is 12.1 Å². The van der Waals surface area contributed by atoms with E-state index in [-0.39, 0.29) is 54.5 Å². The van der Waals surface area contributed by atoms with Crippen LogP contribution in [-0.2, 0) is 16.1 Å². The molecule has 29 heavy (non-hydrogen) atoms. The zero-order valence-electron chi connectivity index (χ0n) is 16.6. The molecule has 1 aromatic rings. The molecule has 2 bridgehead atoms. The molecule has 4 rings (SSSR count). The van der Waals surface area contributed by atoms with Crippen molar-refractivity contribution < 1.29 is 9.59 Å². The fraction of sp³-hybridized carbons (Fsp3) is 0.619. The Kier molecular flexibility index (Phi) is 8.35.